The molecule has 0 radical (unpaired) electrons. The molecule has 0 amide bonds. The van der Waals surface area contributed by atoms with E-state index in [0.29, 0.717) is 0 Å². The maximum absolute atomic E-state index is 13.8. The van der Waals surface area contributed by atoms with Crippen LogP contribution in [0.15, 0.2) is 41.3 Å². The van der Waals surface area contributed by atoms with Gasteiger partial charge in [0.1, 0.15) is 0 Å². The fourth-order valence-electron chi connectivity index (χ4n) is 2.72. The number of aromatic nitrogens is 3. The molecule has 2 aromatic carbocycles. The topological polar surface area (TPSA) is 146 Å². The molecule has 0 unspecified atom stereocenters. The molecule has 166 valence electrons. The van der Waals surface area contributed by atoms with Crippen molar-refractivity contribution >= 4 is 39.2 Å². The van der Waals surface area contributed by atoms with Crippen molar-refractivity contribution in [2.24, 2.45) is 0 Å². The highest BCUT2D eigenvalue weighted by Crippen LogP contribution is 2.43. The second kappa shape index (κ2) is 8.70. The quantitative estimate of drug-likeness (QED) is 0.352. The van der Waals surface area contributed by atoms with Crippen molar-refractivity contribution < 1.29 is 26.7 Å². The van der Waals surface area contributed by atoms with Gasteiger partial charge in [-0.1, -0.05) is 23.7 Å². The summed E-state index contributed by atoms with van der Waals surface area (Å²) in [5, 5.41) is 17.1. The maximum Gasteiger partial charge on any atom is 0.417 e. The Morgan fingerprint density at radius 3 is 2.42 bits per heavy atom. The van der Waals surface area contributed by atoms with Crippen LogP contribution in [0.1, 0.15) is 5.56 Å². The summed E-state index contributed by atoms with van der Waals surface area (Å²) in [6.07, 6.45) is -4.76. The van der Waals surface area contributed by atoms with Gasteiger partial charge in [-0.15, -0.1) is 5.10 Å². The molecule has 0 aliphatic carbocycles. The van der Waals surface area contributed by atoms with Gasteiger partial charge >= 0.3 is 6.18 Å². The number of aromatic amines is 1. The molecule has 14 heteroatoms. The van der Waals surface area contributed by atoms with Crippen LogP contribution in [0.2, 0.25) is 5.02 Å². The second-order valence-corrected chi connectivity index (χ2v) is 8.37. The predicted octanol–water partition coefficient (Wildman–Crippen LogP) is 2.74. The van der Waals surface area contributed by atoms with Gasteiger partial charge in [0.25, 0.3) is 0 Å². The van der Waals surface area contributed by atoms with Crippen molar-refractivity contribution in [1.82, 2.24) is 19.9 Å². The van der Waals surface area contributed by atoms with Crippen LogP contribution >= 0.6 is 11.6 Å². The van der Waals surface area contributed by atoms with Gasteiger partial charge in [0.05, 0.1) is 22.1 Å². The SMILES string of the molecule is Nc1nc(Nc2cc(Cl)c(-c3ccc(S(=O)(=O)NCCO)cc3)c(C(F)(F)F)c2)n[nH]1. The summed E-state index contributed by atoms with van der Waals surface area (Å²) in [7, 11) is -3.91. The first kappa shape index (κ1) is 22.8. The van der Waals surface area contributed by atoms with Gasteiger partial charge in [-0.3, -0.25) is 0 Å². The third-order valence-electron chi connectivity index (χ3n) is 4.01. The standard InChI is InChI=1S/C17H16ClF3N6O3S/c18-13-8-10(24-16-25-15(22)26-27-16)7-12(17(19,20)21)14(13)9-1-3-11(4-2-9)31(29,30)23-5-6-28/h1-4,7-8,23,28H,5-6H2,(H4,22,24,25,26,27). The molecular formula is C17H16ClF3N6O3S. The Morgan fingerprint density at radius 2 is 1.87 bits per heavy atom. The van der Waals surface area contributed by atoms with E-state index in [1.165, 1.54) is 18.2 Å². The molecule has 0 saturated carbocycles. The number of nitrogens with one attached hydrogen (secondary N) is 3. The molecule has 0 bridgehead atoms. The summed E-state index contributed by atoms with van der Waals surface area (Å²) >= 11 is 6.17. The minimum Gasteiger partial charge on any atom is -0.395 e. The van der Waals surface area contributed by atoms with Crippen molar-refractivity contribution in [1.29, 1.82) is 0 Å². The fourth-order valence-corrected chi connectivity index (χ4v) is 4.07. The number of benzene rings is 2. The molecule has 3 aromatic rings. The predicted molar refractivity (Wildman–Crippen MR) is 108 cm³/mol. The van der Waals surface area contributed by atoms with Crippen LogP contribution < -0.4 is 15.8 Å². The molecule has 9 nitrogen and oxygen atoms in total. The summed E-state index contributed by atoms with van der Waals surface area (Å²) < 4.78 is 67.6. The number of aliphatic hydroxyl groups is 1. The number of nitrogen functional groups attached to an aromatic ring is 1. The van der Waals surface area contributed by atoms with E-state index in [1.807, 2.05) is 0 Å². The lowest BCUT2D eigenvalue weighted by atomic mass is 9.98. The average Bonchev–Trinajstić information content (AvgIpc) is 3.10. The smallest absolute Gasteiger partial charge is 0.395 e. The lowest BCUT2D eigenvalue weighted by Crippen LogP contribution is -2.26. The molecule has 6 N–H and O–H groups in total. The number of alkyl halides is 3. The maximum atomic E-state index is 13.8. The molecule has 0 spiro atoms. The van der Waals surface area contributed by atoms with E-state index in [2.05, 4.69) is 25.2 Å². The highest BCUT2D eigenvalue weighted by atomic mass is 35.5. The molecule has 0 aliphatic rings. The lowest BCUT2D eigenvalue weighted by molar-refractivity contribution is -0.137. The summed E-state index contributed by atoms with van der Waals surface area (Å²) in [4.78, 5) is 3.59. The van der Waals surface area contributed by atoms with E-state index >= 15 is 0 Å². The van der Waals surface area contributed by atoms with Gasteiger partial charge in [-0.2, -0.15) is 18.2 Å². The molecule has 1 heterocycles. The Labute approximate surface area is 179 Å². The number of H-pyrrole nitrogens is 1. The molecule has 0 atom stereocenters. The monoisotopic (exact) mass is 476 g/mol. The lowest BCUT2D eigenvalue weighted by Gasteiger charge is -2.17. The third-order valence-corrected chi connectivity index (χ3v) is 5.79. The van der Waals surface area contributed by atoms with Gasteiger partial charge in [-0.25, -0.2) is 18.2 Å². The van der Waals surface area contributed by atoms with Crippen molar-refractivity contribution in [3.05, 3.63) is 47.0 Å². The van der Waals surface area contributed by atoms with Gasteiger partial charge in [0.15, 0.2) is 0 Å². The zero-order chi connectivity index (χ0) is 22.8. The van der Waals surface area contributed by atoms with E-state index in [1.54, 1.807) is 0 Å². The summed E-state index contributed by atoms with van der Waals surface area (Å²) in [5.74, 6) is -0.0656. The van der Waals surface area contributed by atoms with Crippen molar-refractivity contribution in [2.45, 2.75) is 11.1 Å². The Morgan fingerprint density at radius 1 is 1.19 bits per heavy atom. The Hall–Kier alpha value is -2.87. The minimum absolute atomic E-state index is 0.0209. The normalized spacial score (nSPS) is 12.2. The highest BCUT2D eigenvalue weighted by Gasteiger charge is 2.35. The molecule has 3 rings (SSSR count). The second-order valence-electron chi connectivity index (χ2n) is 6.19. The van der Waals surface area contributed by atoms with Gasteiger partial charge in [-0.05, 0) is 29.8 Å². The number of hydrogen-bond donors (Lipinski definition) is 5. The van der Waals surface area contributed by atoms with E-state index in [-0.39, 0.29) is 45.2 Å². The first-order valence-electron chi connectivity index (χ1n) is 8.58. The number of rotatable bonds is 7. The number of nitrogens with zero attached hydrogens (tertiary/aromatic N) is 2. The zero-order valence-corrected chi connectivity index (χ0v) is 17.1. The van der Waals surface area contributed by atoms with Crippen LogP contribution in [0.5, 0.6) is 0 Å². The number of aliphatic hydroxyl groups excluding tert-OH is 1. The Balaban J connectivity index is 2.02. The van der Waals surface area contributed by atoms with Gasteiger partial charge in [0, 0.05) is 17.8 Å². The minimum atomic E-state index is -4.76. The molecular weight excluding hydrogens is 461 g/mol. The third kappa shape index (κ3) is 5.25. The van der Waals surface area contributed by atoms with E-state index < -0.39 is 28.4 Å². The van der Waals surface area contributed by atoms with Crippen LogP contribution in [0.4, 0.5) is 30.8 Å². The van der Waals surface area contributed by atoms with E-state index in [0.717, 1.165) is 18.2 Å². The molecule has 0 saturated heterocycles. The Bertz CT molecular complexity index is 1180. The van der Waals surface area contributed by atoms with Crippen molar-refractivity contribution in [3.8, 4) is 11.1 Å². The van der Waals surface area contributed by atoms with E-state index in [4.69, 9.17) is 22.4 Å². The molecule has 1 aromatic heterocycles. The number of halogens is 4. The van der Waals surface area contributed by atoms with Crippen molar-refractivity contribution in [2.75, 3.05) is 24.2 Å². The summed E-state index contributed by atoms with van der Waals surface area (Å²) in [6.45, 7) is -0.595. The number of hydrogen-bond acceptors (Lipinski definition) is 7. The van der Waals surface area contributed by atoms with Crippen LogP contribution in [0, 0.1) is 0 Å². The van der Waals surface area contributed by atoms with Gasteiger partial charge in [0.2, 0.25) is 21.9 Å². The van der Waals surface area contributed by atoms with Crippen molar-refractivity contribution in [3.63, 3.8) is 0 Å². The summed E-state index contributed by atoms with van der Waals surface area (Å²) in [5.41, 5.74) is 4.08. The first-order chi connectivity index (χ1) is 14.5. The number of anilines is 3. The Kier molecular flexibility index (Phi) is 6.40. The largest absolute Gasteiger partial charge is 0.417 e. The van der Waals surface area contributed by atoms with Crippen LogP contribution in [0.3, 0.4) is 0 Å². The summed E-state index contributed by atoms with van der Waals surface area (Å²) in [6, 6.07) is 6.82. The molecule has 31 heavy (non-hydrogen) atoms. The fraction of sp³-hybridized carbons (Fsp3) is 0.176. The number of sulfonamides is 1. The highest BCUT2D eigenvalue weighted by molar-refractivity contribution is 7.89. The molecule has 0 aliphatic heterocycles. The van der Waals surface area contributed by atoms with Crippen LogP contribution in [0.25, 0.3) is 11.1 Å². The molecule has 0 fully saturated rings. The van der Waals surface area contributed by atoms with E-state index in [9.17, 15) is 21.6 Å². The first-order valence-corrected chi connectivity index (χ1v) is 10.4. The van der Waals surface area contributed by atoms with Crippen LogP contribution in [-0.4, -0.2) is 41.9 Å². The van der Waals surface area contributed by atoms with Crippen LogP contribution in [-0.2, 0) is 16.2 Å². The average molecular weight is 477 g/mol. The van der Waals surface area contributed by atoms with Gasteiger partial charge < -0.3 is 16.2 Å². The number of nitrogens with two attached hydrogens (primary N) is 1. The zero-order valence-electron chi connectivity index (χ0n) is 15.5.